The smallest absolute Gasteiger partial charge is 0.350 e. The third-order valence-electron chi connectivity index (χ3n) is 1.59. The van der Waals surface area contributed by atoms with E-state index in [0.29, 0.717) is 6.61 Å². The van der Waals surface area contributed by atoms with Gasteiger partial charge in [0.1, 0.15) is 11.6 Å². The van der Waals surface area contributed by atoms with Crippen LogP contribution in [0.25, 0.3) is 0 Å². The average molecular weight is 187 g/mol. The highest BCUT2D eigenvalue weighted by Crippen LogP contribution is 2.20. The molecule has 0 amide bonds. The number of rotatable bonds is 3. The first kappa shape index (κ1) is 9.33. The SMILES string of the molecule is CCC/C=C/C1=C(Cl)C(=O)OC1. The molecule has 1 rings (SSSR count). The van der Waals surface area contributed by atoms with E-state index in [-0.39, 0.29) is 5.03 Å². The number of esters is 1. The third-order valence-corrected chi connectivity index (χ3v) is 1.99. The number of halogens is 1. The van der Waals surface area contributed by atoms with E-state index in [4.69, 9.17) is 16.3 Å². The van der Waals surface area contributed by atoms with E-state index in [1.165, 1.54) is 0 Å². The van der Waals surface area contributed by atoms with Crippen molar-refractivity contribution in [1.29, 1.82) is 0 Å². The number of cyclic esters (lactones) is 1. The highest BCUT2D eigenvalue weighted by molar-refractivity contribution is 6.42. The second-order valence-electron chi connectivity index (χ2n) is 2.61. The molecule has 0 aliphatic carbocycles. The molecule has 0 aromatic heterocycles. The second-order valence-corrected chi connectivity index (χ2v) is 2.98. The van der Waals surface area contributed by atoms with Crippen LogP contribution >= 0.6 is 11.6 Å². The van der Waals surface area contributed by atoms with Crippen LogP contribution in [0.4, 0.5) is 0 Å². The minimum atomic E-state index is -0.409. The van der Waals surface area contributed by atoms with Crippen LogP contribution in [0.1, 0.15) is 19.8 Å². The molecular formula is C9H11ClO2. The highest BCUT2D eigenvalue weighted by atomic mass is 35.5. The fourth-order valence-electron chi connectivity index (χ4n) is 0.915. The fraction of sp³-hybridized carbons (Fsp3) is 0.444. The van der Waals surface area contributed by atoms with E-state index in [1.807, 2.05) is 12.2 Å². The lowest BCUT2D eigenvalue weighted by atomic mass is 10.2. The first-order valence-corrected chi connectivity index (χ1v) is 4.35. The van der Waals surface area contributed by atoms with Crippen LogP contribution in [0.15, 0.2) is 22.8 Å². The predicted octanol–water partition coefficient (Wildman–Crippen LogP) is 2.39. The van der Waals surface area contributed by atoms with E-state index < -0.39 is 5.97 Å². The van der Waals surface area contributed by atoms with E-state index in [1.54, 1.807) is 0 Å². The van der Waals surface area contributed by atoms with Gasteiger partial charge in [-0.25, -0.2) is 4.79 Å². The van der Waals surface area contributed by atoms with Crippen molar-refractivity contribution >= 4 is 17.6 Å². The minimum Gasteiger partial charge on any atom is -0.457 e. The van der Waals surface area contributed by atoms with E-state index in [9.17, 15) is 4.79 Å². The molecule has 0 aromatic carbocycles. The number of hydrogen-bond donors (Lipinski definition) is 0. The number of hydrogen-bond acceptors (Lipinski definition) is 2. The summed E-state index contributed by atoms with van der Waals surface area (Å²) in [6, 6.07) is 0. The normalized spacial score (nSPS) is 17.7. The van der Waals surface area contributed by atoms with Gasteiger partial charge in [-0.1, -0.05) is 37.1 Å². The van der Waals surface area contributed by atoms with Gasteiger partial charge < -0.3 is 4.74 Å². The Labute approximate surface area is 76.9 Å². The standard InChI is InChI=1S/C9H11ClO2/c1-2-3-4-5-7-6-12-9(11)8(7)10/h4-5H,2-3,6H2,1H3/b5-4+. The van der Waals surface area contributed by atoms with Crippen molar-refractivity contribution < 1.29 is 9.53 Å². The molecule has 1 aliphatic heterocycles. The Morgan fingerprint density at radius 2 is 2.42 bits per heavy atom. The maximum atomic E-state index is 10.8. The van der Waals surface area contributed by atoms with Crippen LogP contribution in [-0.2, 0) is 9.53 Å². The molecular weight excluding hydrogens is 176 g/mol. The Balaban J connectivity index is 2.58. The van der Waals surface area contributed by atoms with Crippen LogP contribution in [0.2, 0.25) is 0 Å². The summed E-state index contributed by atoms with van der Waals surface area (Å²) in [6.07, 6.45) is 5.95. The molecule has 1 heterocycles. The summed E-state index contributed by atoms with van der Waals surface area (Å²) in [5.41, 5.74) is 0.787. The topological polar surface area (TPSA) is 26.3 Å². The van der Waals surface area contributed by atoms with Gasteiger partial charge in [0.2, 0.25) is 0 Å². The molecule has 1 aliphatic rings. The Kier molecular flexibility index (Phi) is 3.35. The van der Waals surface area contributed by atoms with Gasteiger partial charge in [-0.15, -0.1) is 0 Å². The second kappa shape index (κ2) is 4.31. The summed E-state index contributed by atoms with van der Waals surface area (Å²) in [7, 11) is 0. The molecule has 0 spiro atoms. The Bertz CT molecular complexity index is 241. The van der Waals surface area contributed by atoms with Crippen molar-refractivity contribution in [1.82, 2.24) is 0 Å². The van der Waals surface area contributed by atoms with Gasteiger partial charge in [-0.2, -0.15) is 0 Å². The number of carbonyl (C=O) groups is 1. The lowest BCUT2D eigenvalue weighted by molar-refractivity contribution is -0.135. The predicted molar refractivity (Wildman–Crippen MR) is 47.9 cm³/mol. The summed E-state index contributed by atoms with van der Waals surface area (Å²) in [5.74, 6) is -0.409. The summed E-state index contributed by atoms with van der Waals surface area (Å²) < 4.78 is 4.71. The zero-order valence-electron chi connectivity index (χ0n) is 6.97. The Morgan fingerprint density at radius 3 is 2.92 bits per heavy atom. The molecule has 0 bridgehead atoms. The number of carbonyl (C=O) groups excluding carboxylic acids is 1. The summed E-state index contributed by atoms with van der Waals surface area (Å²) >= 11 is 5.66. The average Bonchev–Trinajstić information content (AvgIpc) is 2.36. The van der Waals surface area contributed by atoms with Crippen molar-refractivity contribution in [3.63, 3.8) is 0 Å². The van der Waals surface area contributed by atoms with E-state index in [2.05, 4.69) is 6.92 Å². The number of unbranched alkanes of at least 4 members (excludes halogenated alkanes) is 1. The molecule has 0 saturated carbocycles. The summed E-state index contributed by atoms with van der Waals surface area (Å²) in [6.45, 7) is 2.41. The zero-order chi connectivity index (χ0) is 8.97. The molecule has 0 atom stereocenters. The Hall–Kier alpha value is -0.760. The molecule has 3 heteroatoms. The van der Waals surface area contributed by atoms with Crippen LogP contribution in [0.3, 0.4) is 0 Å². The number of ether oxygens (including phenoxy) is 1. The molecule has 0 N–H and O–H groups in total. The van der Waals surface area contributed by atoms with Crippen LogP contribution in [0.5, 0.6) is 0 Å². The molecule has 0 radical (unpaired) electrons. The zero-order valence-corrected chi connectivity index (χ0v) is 7.73. The Morgan fingerprint density at radius 1 is 1.67 bits per heavy atom. The largest absolute Gasteiger partial charge is 0.457 e. The highest BCUT2D eigenvalue weighted by Gasteiger charge is 2.20. The van der Waals surface area contributed by atoms with Gasteiger partial charge in [0.05, 0.1) is 0 Å². The van der Waals surface area contributed by atoms with Crippen LogP contribution in [0, 0.1) is 0 Å². The first-order valence-electron chi connectivity index (χ1n) is 3.98. The van der Waals surface area contributed by atoms with Crippen molar-refractivity contribution in [3.8, 4) is 0 Å². The van der Waals surface area contributed by atoms with Crippen molar-refractivity contribution in [2.75, 3.05) is 6.61 Å². The molecule has 2 nitrogen and oxygen atoms in total. The third kappa shape index (κ3) is 2.11. The van der Waals surface area contributed by atoms with Gasteiger partial charge in [0.15, 0.2) is 0 Å². The lowest BCUT2D eigenvalue weighted by Crippen LogP contribution is -1.93. The van der Waals surface area contributed by atoms with Gasteiger partial charge in [0, 0.05) is 5.57 Å². The fourth-order valence-corrected chi connectivity index (χ4v) is 1.09. The van der Waals surface area contributed by atoms with Gasteiger partial charge in [-0.05, 0) is 6.42 Å². The van der Waals surface area contributed by atoms with Gasteiger partial charge in [-0.3, -0.25) is 0 Å². The molecule has 0 aromatic rings. The van der Waals surface area contributed by atoms with Crippen molar-refractivity contribution in [3.05, 3.63) is 22.8 Å². The molecule has 0 fully saturated rings. The van der Waals surface area contributed by atoms with E-state index >= 15 is 0 Å². The lowest BCUT2D eigenvalue weighted by Gasteiger charge is -1.89. The van der Waals surface area contributed by atoms with Crippen LogP contribution < -0.4 is 0 Å². The molecule has 12 heavy (non-hydrogen) atoms. The quantitative estimate of drug-likeness (QED) is 0.633. The van der Waals surface area contributed by atoms with Crippen LogP contribution in [-0.4, -0.2) is 12.6 Å². The maximum absolute atomic E-state index is 10.8. The van der Waals surface area contributed by atoms with Gasteiger partial charge in [0.25, 0.3) is 0 Å². The summed E-state index contributed by atoms with van der Waals surface area (Å²) in [4.78, 5) is 10.8. The maximum Gasteiger partial charge on any atom is 0.350 e. The first-order chi connectivity index (χ1) is 5.75. The summed E-state index contributed by atoms with van der Waals surface area (Å²) in [5, 5.41) is 0.224. The van der Waals surface area contributed by atoms with Crippen molar-refractivity contribution in [2.45, 2.75) is 19.8 Å². The molecule has 66 valence electrons. The van der Waals surface area contributed by atoms with Gasteiger partial charge >= 0.3 is 5.97 Å². The number of allylic oxidation sites excluding steroid dienone is 1. The van der Waals surface area contributed by atoms with Crippen molar-refractivity contribution in [2.24, 2.45) is 0 Å². The molecule has 0 saturated heterocycles. The minimum absolute atomic E-state index is 0.224. The van der Waals surface area contributed by atoms with E-state index in [0.717, 1.165) is 18.4 Å². The monoisotopic (exact) mass is 186 g/mol. The molecule has 0 unspecified atom stereocenters.